The minimum Gasteiger partial charge on any atom is -0.245 e. The Morgan fingerprint density at radius 1 is 1.38 bits per heavy atom. The van der Waals surface area contributed by atoms with Crippen LogP contribution in [0, 0.1) is 0 Å². The van der Waals surface area contributed by atoms with Crippen molar-refractivity contribution in [2.75, 3.05) is 5.75 Å². The SMILES string of the molecule is CCCSCc1nc(C(C)(C)C)c(CS)s1. The van der Waals surface area contributed by atoms with Crippen LogP contribution in [0.1, 0.15) is 49.7 Å². The second kappa shape index (κ2) is 6.31. The molecular weight excluding hydrogens is 254 g/mol. The van der Waals surface area contributed by atoms with Crippen LogP contribution in [0.2, 0.25) is 0 Å². The van der Waals surface area contributed by atoms with E-state index in [0.717, 1.165) is 11.5 Å². The molecule has 92 valence electrons. The Labute approximate surface area is 113 Å². The Hall–Kier alpha value is 0.330. The first kappa shape index (κ1) is 14.4. The molecule has 0 aliphatic rings. The third-order valence-corrected chi connectivity index (χ3v) is 5.11. The zero-order valence-electron chi connectivity index (χ0n) is 10.5. The maximum Gasteiger partial charge on any atom is 0.103 e. The Kier molecular flexibility index (Phi) is 5.68. The van der Waals surface area contributed by atoms with E-state index >= 15 is 0 Å². The maximum absolute atomic E-state index is 4.77. The smallest absolute Gasteiger partial charge is 0.103 e. The van der Waals surface area contributed by atoms with E-state index in [1.165, 1.54) is 27.8 Å². The highest BCUT2D eigenvalue weighted by molar-refractivity contribution is 7.98. The molecule has 0 amide bonds. The number of aromatic nitrogens is 1. The van der Waals surface area contributed by atoms with Crippen LogP contribution in [0.5, 0.6) is 0 Å². The van der Waals surface area contributed by atoms with Crippen LogP contribution in [0.25, 0.3) is 0 Å². The third-order valence-electron chi connectivity index (χ3n) is 2.17. The van der Waals surface area contributed by atoms with Gasteiger partial charge in [0, 0.05) is 21.8 Å². The molecule has 1 nitrogen and oxygen atoms in total. The molecule has 0 radical (unpaired) electrons. The van der Waals surface area contributed by atoms with Gasteiger partial charge in [-0.25, -0.2) is 4.98 Å². The van der Waals surface area contributed by atoms with E-state index in [4.69, 9.17) is 4.98 Å². The highest BCUT2D eigenvalue weighted by Crippen LogP contribution is 2.32. The summed E-state index contributed by atoms with van der Waals surface area (Å²) in [6.07, 6.45) is 1.24. The molecule has 0 spiro atoms. The lowest BCUT2D eigenvalue weighted by Gasteiger charge is -2.16. The summed E-state index contributed by atoms with van der Waals surface area (Å²) in [5.74, 6) is 3.08. The molecule has 1 rings (SSSR count). The number of hydrogen-bond donors (Lipinski definition) is 1. The highest BCUT2D eigenvalue weighted by Gasteiger charge is 2.22. The van der Waals surface area contributed by atoms with Crippen molar-refractivity contribution in [3.05, 3.63) is 15.6 Å². The Morgan fingerprint density at radius 3 is 2.50 bits per heavy atom. The number of nitrogens with zero attached hydrogens (tertiary/aromatic N) is 1. The van der Waals surface area contributed by atoms with E-state index in [1.54, 1.807) is 0 Å². The summed E-state index contributed by atoms with van der Waals surface area (Å²) >= 11 is 8.20. The molecular formula is C12H21NS3. The number of hydrogen-bond acceptors (Lipinski definition) is 4. The van der Waals surface area contributed by atoms with Gasteiger partial charge in [0.05, 0.1) is 5.69 Å². The predicted octanol–water partition coefficient (Wildman–Crippen LogP) is 4.51. The maximum atomic E-state index is 4.77. The summed E-state index contributed by atoms with van der Waals surface area (Å²) in [5, 5.41) is 1.26. The zero-order valence-corrected chi connectivity index (χ0v) is 13.1. The Morgan fingerprint density at radius 2 is 2.06 bits per heavy atom. The van der Waals surface area contributed by atoms with Gasteiger partial charge in [0.25, 0.3) is 0 Å². The lowest BCUT2D eigenvalue weighted by atomic mass is 9.91. The number of thioether (sulfide) groups is 1. The normalized spacial score (nSPS) is 12.1. The first-order valence-electron chi connectivity index (χ1n) is 5.66. The molecule has 0 saturated heterocycles. The van der Waals surface area contributed by atoms with Gasteiger partial charge in [-0.3, -0.25) is 0 Å². The van der Waals surface area contributed by atoms with Crippen molar-refractivity contribution in [2.24, 2.45) is 0 Å². The number of thiol groups is 1. The molecule has 0 atom stereocenters. The fraction of sp³-hybridized carbons (Fsp3) is 0.750. The molecule has 0 fully saturated rings. The van der Waals surface area contributed by atoms with E-state index < -0.39 is 0 Å². The van der Waals surface area contributed by atoms with Crippen molar-refractivity contribution < 1.29 is 0 Å². The monoisotopic (exact) mass is 275 g/mol. The molecule has 0 N–H and O–H groups in total. The van der Waals surface area contributed by atoms with Gasteiger partial charge in [-0.1, -0.05) is 27.7 Å². The van der Waals surface area contributed by atoms with Gasteiger partial charge in [-0.05, 0) is 12.2 Å². The van der Waals surface area contributed by atoms with Crippen molar-refractivity contribution in [2.45, 2.75) is 51.0 Å². The van der Waals surface area contributed by atoms with Crippen molar-refractivity contribution in [3.63, 3.8) is 0 Å². The minimum absolute atomic E-state index is 0.141. The van der Waals surface area contributed by atoms with E-state index in [1.807, 2.05) is 23.1 Å². The van der Waals surface area contributed by atoms with Gasteiger partial charge < -0.3 is 0 Å². The molecule has 1 aromatic heterocycles. The molecule has 0 bridgehead atoms. The van der Waals surface area contributed by atoms with E-state index in [0.29, 0.717) is 0 Å². The van der Waals surface area contributed by atoms with Crippen LogP contribution in [0.4, 0.5) is 0 Å². The van der Waals surface area contributed by atoms with Crippen LogP contribution < -0.4 is 0 Å². The molecule has 0 saturated carbocycles. The fourth-order valence-corrected chi connectivity index (χ4v) is 3.89. The largest absolute Gasteiger partial charge is 0.245 e. The summed E-state index contributed by atoms with van der Waals surface area (Å²) in [4.78, 5) is 6.11. The van der Waals surface area contributed by atoms with Gasteiger partial charge >= 0.3 is 0 Å². The summed E-state index contributed by atoms with van der Waals surface area (Å²) < 4.78 is 0. The zero-order chi connectivity index (χ0) is 12.2. The van der Waals surface area contributed by atoms with Gasteiger partial charge in [0.2, 0.25) is 0 Å². The lowest BCUT2D eigenvalue weighted by molar-refractivity contribution is 0.567. The van der Waals surface area contributed by atoms with Crippen LogP contribution >= 0.6 is 35.7 Å². The third kappa shape index (κ3) is 3.97. The molecule has 0 aromatic carbocycles. The Balaban J connectivity index is 2.78. The van der Waals surface area contributed by atoms with Crippen molar-refractivity contribution in [3.8, 4) is 0 Å². The average Bonchev–Trinajstić information content (AvgIpc) is 2.61. The van der Waals surface area contributed by atoms with Crippen LogP contribution in [0.15, 0.2) is 0 Å². The molecule has 0 aliphatic heterocycles. The topological polar surface area (TPSA) is 12.9 Å². The molecule has 1 aromatic rings. The fourth-order valence-electron chi connectivity index (χ4n) is 1.46. The average molecular weight is 276 g/mol. The summed E-state index contributed by atoms with van der Waals surface area (Å²) in [7, 11) is 0. The first-order valence-corrected chi connectivity index (χ1v) is 8.27. The highest BCUT2D eigenvalue weighted by atomic mass is 32.2. The molecule has 1 heterocycles. The summed E-state index contributed by atoms with van der Waals surface area (Å²) in [6, 6.07) is 0. The van der Waals surface area contributed by atoms with Crippen LogP contribution in [-0.2, 0) is 16.9 Å². The van der Waals surface area contributed by atoms with Crippen molar-refractivity contribution >= 4 is 35.7 Å². The van der Waals surface area contributed by atoms with E-state index in [-0.39, 0.29) is 5.41 Å². The first-order chi connectivity index (χ1) is 7.49. The number of rotatable bonds is 5. The van der Waals surface area contributed by atoms with Crippen LogP contribution in [-0.4, -0.2) is 10.7 Å². The van der Waals surface area contributed by atoms with Crippen molar-refractivity contribution in [1.29, 1.82) is 0 Å². The van der Waals surface area contributed by atoms with Crippen molar-refractivity contribution in [1.82, 2.24) is 4.98 Å². The van der Waals surface area contributed by atoms with Crippen LogP contribution in [0.3, 0.4) is 0 Å². The standard InChI is InChI=1S/C12H21NS3/c1-5-6-15-8-10-13-11(12(2,3)4)9(7-14)16-10/h14H,5-8H2,1-4H3. The molecule has 4 heteroatoms. The summed E-state index contributed by atoms with van der Waals surface area (Å²) in [5.41, 5.74) is 1.38. The molecule has 0 aliphatic carbocycles. The molecule has 0 unspecified atom stereocenters. The van der Waals surface area contributed by atoms with Gasteiger partial charge in [0.15, 0.2) is 0 Å². The minimum atomic E-state index is 0.141. The van der Waals surface area contributed by atoms with E-state index in [2.05, 4.69) is 40.3 Å². The van der Waals surface area contributed by atoms with Gasteiger partial charge in [-0.2, -0.15) is 24.4 Å². The Bertz CT molecular complexity index is 325. The lowest BCUT2D eigenvalue weighted by Crippen LogP contribution is -2.13. The van der Waals surface area contributed by atoms with Gasteiger partial charge in [-0.15, -0.1) is 11.3 Å². The number of thiazole rings is 1. The summed E-state index contributed by atoms with van der Waals surface area (Å²) in [6.45, 7) is 8.88. The van der Waals surface area contributed by atoms with Gasteiger partial charge in [0.1, 0.15) is 5.01 Å². The second-order valence-electron chi connectivity index (χ2n) is 4.84. The quantitative estimate of drug-likeness (QED) is 0.627. The predicted molar refractivity (Wildman–Crippen MR) is 80.0 cm³/mol. The molecule has 16 heavy (non-hydrogen) atoms. The van der Waals surface area contributed by atoms with E-state index in [9.17, 15) is 0 Å². The second-order valence-corrected chi connectivity index (χ2v) is 7.43.